The maximum atomic E-state index is 13.2. The third kappa shape index (κ3) is 7.45. The number of ketones is 1. The maximum absolute atomic E-state index is 13.2. The zero-order valence-corrected chi connectivity index (χ0v) is 22.3. The number of nitrogens with zero attached hydrogens (tertiary/aromatic N) is 1. The molecule has 1 aliphatic heterocycles. The summed E-state index contributed by atoms with van der Waals surface area (Å²) in [4.78, 5) is 30.6. The van der Waals surface area contributed by atoms with Gasteiger partial charge < -0.3 is 15.5 Å². The number of carbonyl (C=O) groups excluding carboxylic acids is 2. The first-order chi connectivity index (χ1) is 15.8. The number of rotatable bonds is 2. The molecule has 34 heavy (non-hydrogen) atoms. The van der Waals surface area contributed by atoms with Crippen LogP contribution in [0.3, 0.4) is 0 Å². The third-order valence-electron chi connectivity index (χ3n) is 6.82. The number of aryl methyl sites for hydroxylation is 1. The summed E-state index contributed by atoms with van der Waals surface area (Å²) >= 11 is 1.57. The molecule has 2 rings (SSSR count). The second kappa shape index (κ2) is 12.0. The smallest absolute Gasteiger partial charge is 0.223 e. The van der Waals surface area contributed by atoms with Crippen molar-refractivity contribution in [2.75, 3.05) is 0 Å². The summed E-state index contributed by atoms with van der Waals surface area (Å²) in [5.41, 5.74) is 1.70. The van der Waals surface area contributed by atoms with Crippen LogP contribution >= 0.6 is 11.3 Å². The number of hydrogen-bond acceptors (Lipinski definition) is 6. The molecule has 3 N–H and O–H groups in total. The van der Waals surface area contributed by atoms with Crippen LogP contribution < -0.4 is 5.32 Å². The summed E-state index contributed by atoms with van der Waals surface area (Å²) in [6.07, 6.45) is 7.09. The quantitative estimate of drug-likeness (QED) is 0.564. The molecule has 7 heteroatoms. The van der Waals surface area contributed by atoms with Crippen molar-refractivity contribution in [2.24, 2.45) is 17.3 Å². The van der Waals surface area contributed by atoms with Gasteiger partial charge in [0.05, 0.1) is 40.8 Å². The van der Waals surface area contributed by atoms with Crippen LogP contribution in [-0.4, -0.2) is 45.1 Å². The zero-order chi connectivity index (χ0) is 25.6. The fourth-order valence-corrected chi connectivity index (χ4v) is 4.77. The summed E-state index contributed by atoms with van der Waals surface area (Å²) in [7, 11) is 0. The highest BCUT2D eigenvalue weighted by atomic mass is 32.1. The summed E-state index contributed by atoms with van der Waals surface area (Å²) in [5, 5.41) is 27.6. The van der Waals surface area contributed by atoms with E-state index < -0.39 is 23.5 Å². The van der Waals surface area contributed by atoms with E-state index >= 15 is 0 Å². The predicted octanol–water partition coefficient (Wildman–Crippen LogP) is 4.62. The second-order valence-corrected chi connectivity index (χ2v) is 11.2. The van der Waals surface area contributed by atoms with Crippen LogP contribution in [0.1, 0.15) is 71.5 Å². The molecule has 1 aromatic heterocycles. The lowest BCUT2D eigenvalue weighted by atomic mass is 9.73. The normalized spacial score (nSPS) is 30.1. The average molecular weight is 489 g/mol. The fraction of sp³-hybridized carbons (Fsp3) is 0.593. The number of amides is 1. The van der Waals surface area contributed by atoms with E-state index in [1.165, 1.54) is 0 Å². The Morgan fingerprint density at radius 3 is 2.50 bits per heavy atom. The van der Waals surface area contributed by atoms with Crippen molar-refractivity contribution in [1.29, 1.82) is 0 Å². The van der Waals surface area contributed by atoms with E-state index in [0.29, 0.717) is 12.8 Å². The van der Waals surface area contributed by atoms with Crippen molar-refractivity contribution < 1.29 is 19.8 Å². The van der Waals surface area contributed by atoms with E-state index in [1.807, 2.05) is 51.3 Å². The molecule has 1 unspecified atom stereocenters. The maximum Gasteiger partial charge on any atom is 0.223 e. The molecule has 0 aliphatic carbocycles. The van der Waals surface area contributed by atoms with Crippen LogP contribution in [0.15, 0.2) is 34.8 Å². The van der Waals surface area contributed by atoms with Gasteiger partial charge in [0.25, 0.3) is 0 Å². The summed E-state index contributed by atoms with van der Waals surface area (Å²) in [6.45, 7) is 12.8. The molecular weight excluding hydrogens is 448 g/mol. The average Bonchev–Trinajstić information content (AvgIpc) is 3.18. The molecule has 6 nitrogen and oxygen atoms in total. The molecule has 188 valence electrons. The van der Waals surface area contributed by atoms with Gasteiger partial charge in [0.1, 0.15) is 5.78 Å². The highest BCUT2D eigenvalue weighted by Gasteiger charge is 2.42. The molecule has 0 saturated heterocycles. The minimum absolute atomic E-state index is 0.119. The molecule has 0 saturated carbocycles. The molecule has 1 aliphatic rings. The highest BCUT2D eigenvalue weighted by molar-refractivity contribution is 7.09. The SMILES string of the molecule is CC1=CC[C@@H](C(C)=Cc2csc(C)n2)NC(=O)C[C@H](O)C(C)(C)C(=O)[C@H](C)C(O)[C@@H](C)CC=C1. The largest absolute Gasteiger partial charge is 0.392 e. The molecule has 2 heterocycles. The number of carbonyl (C=O) groups is 2. The molecule has 5 atom stereocenters. The number of aliphatic hydroxyl groups excluding tert-OH is 2. The van der Waals surface area contributed by atoms with Gasteiger partial charge in [-0.2, -0.15) is 0 Å². The minimum Gasteiger partial charge on any atom is -0.392 e. The van der Waals surface area contributed by atoms with Gasteiger partial charge in [-0.3, -0.25) is 9.59 Å². The van der Waals surface area contributed by atoms with Crippen molar-refractivity contribution in [3.8, 4) is 0 Å². The zero-order valence-electron chi connectivity index (χ0n) is 21.5. The van der Waals surface area contributed by atoms with Crippen LogP contribution in [0.4, 0.5) is 0 Å². The Labute approximate surface area is 207 Å². The first-order valence-corrected chi connectivity index (χ1v) is 12.8. The third-order valence-corrected chi connectivity index (χ3v) is 7.61. The van der Waals surface area contributed by atoms with Crippen LogP contribution in [0.5, 0.6) is 0 Å². The van der Waals surface area contributed by atoms with Crippen LogP contribution in [0.2, 0.25) is 0 Å². The molecule has 0 fully saturated rings. The number of nitrogens with one attached hydrogen (secondary N) is 1. The predicted molar refractivity (Wildman–Crippen MR) is 138 cm³/mol. The summed E-state index contributed by atoms with van der Waals surface area (Å²) in [5.74, 6) is -1.34. The summed E-state index contributed by atoms with van der Waals surface area (Å²) in [6, 6.07) is -0.267. The Morgan fingerprint density at radius 1 is 1.21 bits per heavy atom. The Kier molecular flexibility index (Phi) is 9.97. The molecule has 0 spiro atoms. The van der Waals surface area contributed by atoms with Crippen molar-refractivity contribution in [3.63, 3.8) is 0 Å². The molecule has 0 radical (unpaired) electrons. The number of Topliss-reactive ketones (excluding diaryl/α,β-unsaturated/α-hetero) is 1. The van der Waals surface area contributed by atoms with Gasteiger partial charge >= 0.3 is 0 Å². The van der Waals surface area contributed by atoms with E-state index in [9.17, 15) is 19.8 Å². The first kappa shape index (κ1) is 28.1. The number of aromatic nitrogens is 1. The van der Waals surface area contributed by atoms with Crippen LogP contribution in [0.25, 0.3) is 6.08 Å². The monoisotopic (exact) mass is 488 g/mol. The van der Waals surface area contributed by atoms with Gasteiger partial charge in [0, 0.05) is 11.3 Å². The lowest BCUT2D eigenvalue weighted by Crippen LogP contribution is -2.47. The van der Waals surface area contributed by atoms with Crippen molar-refractivity contribution >= 4 is 29.1 Å². The van der Waals surface area contributed by atoms with Gasteiger partial charge in [-0.15, -0.1) is 11.3 Å². The van der Waals surface area contributed by atoms with E-state index in [4.69, 9.17) is 0 Å². The van der Waals surface area contributed by atoms with Gasteiger partial charge in [0.2, 0.25) is 5.91 Å². The highest BCUT2D eigenvalue weighted by Crippen LogP contribution is 2.31. The number of allylic oxidation sites excluding steroid dienone is 3. The minimum atomic E-state index is -1.17. The number of aliphatic hydroxyl groups is 2. The fourth-order valence-electron chi connectivity index (χ4n) is 4.20. The molecule has 0 bridgehead atoms. The van der Waals surface area contributed by atoms with Crippen LogP contribution in [-0.2, 0) is 9.59 Å². The second-order valence-electron chi connectivity index (χ2n) is 10.2. The Morgan fingerprint density at radius 2 is 1.88 bits per heavy atom. The van der Waals surface area contributed by atoms with E-state index in [1.54, 1.807) is 32.1 Å². The lowest BCUT2D eigenvalue weighted by molar-refractivity contribution is -0.143. The van der Waals surface area contributed by atoms with Crippen LogP contribution in [0, 0.1) is 24.2 Å². The Balaban J connectivity index is 2.38. The van der Waals surface area contributed by atoms with E-state index in [0.717, 1.165) is 21.8 Å². The van der Waals surface area contributed by atoms with Crippen molar-refractivity contribution in [1.82, 2.24) is 10.3 Å². The van der Waals surface area contributed by atoms with Crippen molar-refractivity contribution in [3.05, 3.63) is 45.5 Å². The van der Waals surface area contributed by atoms with Gasteiger partial charge in [-0.1, -0.05) is 51.5 Å². The van der Waals surface area contributed by atoms with Gasteiger partial charge in [-0.05, 0) is 51.2 Å². The van der Waals surface area contributed by atoms with Crippen molar-refractivity contribution in [2.45, 2.75) is 86.0 Å². The summed E-state index contributed by atoms with van der Waals surface area (Å²) < 4.78 is 0. The number of hydrogen-bond donors (Lipinski definition) is 3. The van der Waals surface area contributed by atoms with E-state index in [-0.39, 0.29) is 30.1 Å². The Bertz CT molecular complexity index is 960. The molecule has 0 aromatic carbocycles. The Hall–Kier alpha value is -2.09. The molecule has 1 aromatic rings. The standard InChI is InChI=1S/C27H40N2O4S/c1-16-9-8-10-17(2)25(32)19(4)26(33)27(6,7)23(30)14-24(31)29-22(12-11-16)18(3)13-21-15-34-20(5)28-21/h8-9,11,13,15,17,19,22-23,25,30,32H,10,12,14H2,1-7H3,(H,29,31)/t17-,19+,22-,23-,25?/m0/s1. The molecular formula is C27H40N2O4S. The van der Waals surface area contributed by atoms with Gasteiger partial charge in [0.15, 0.2) is 0 Å². The molecule has 1 amide bonds. The van der Waals surface area contributed by atoms with E-state index in [2.05, 4.69) is 16.4 Å². The topological polar surface area (TPSA) is 99.5 Å². The first-order valence-electron chi connectivity index (χ1n) is 12.0. The number of thiazole rings is 1. The lowest BCUT2D eigenvalue weighted by Gasteiger charge is -2.34. The van der Waals surface area contributed by atoms with Gasteiger partial charge in [-0.25, -0.2) is 4.98 Å².